The smallest absolute Gasteiger partial charge is 0.460 e. The van der Waals surface area contributed by atoms with E-state index in [0.29, 0.717) is 244 Å². The van der Waals surface area contributed by atoms with Gasteiger partial charge >= 0.3 is 53.7 Å². The Hall–Kier alpha value is -3.30. The number of hydrogen-bond acceptors (Lipinski definition) is 26. The largest absolute Gasteiger partial charge is 0.465 e. The van der Waals surface area contributed by atoms with Crippen molar-refractivity contribution >= 4 is 17.9 Å². The topological polar surface area (TPSA) is 263 Å². The van der Waals surface area contributed by atoms with Gasteiger partial charge in [-0.25, -0.2) is 0 Å². The zero-order valence-corrected chi connectivity index (χ0v) is 86.3. The van der Waals surface area contributed by atoms with Crippen molar-refractivity contribution < 1.29 is 180 Å². The molecule has 26 nitrogen and oxygen atoms in total. The van der Waals surface area contributed by atoms with Crippen molar-refractivity contribution in [1.82, 2.24) is 0 Å². The van der Waals surface area contributed by atoms with E-state index >= 15 is 0 Å². The van der Waals surface area contributed by atoms with E-state index < -0.39 is 65.6 Å². The molecular formula is C99H185F13O26. The van der Waals surface area contributed by atoms with Crippen LogP contribution in [0.2, 0.25) is 0 Å². The molecule has 0 spiro atoms. The molecule has 138 heavy (non-hydrogen) atoms. The number of alkyl halides is 13. The Balaban J connectivity index is -0.00000299. The van der Waals surface area contributed by atoms with E-state index in [1.807, 2.05) is 41.5 Å². The Kier molecular flexibility index (Phi) is 94.0. The first kappa shape index (κ1) is 139. The fourth-order valence-electron chi connectivity index (χ4n) is 11.3. The highest BCUT2D eigenvalue weighted by atomic mass is 19.4. The third-order valence-electron chi connectivity index (χ3n) is 21.4. The second-order valence-electron chi connectivity index (χ2n) is 35.3. The molecule has 0 amide bonds. The molecule has 0 fully saturated rings. The average molecular weight is 2040 g/mol. The maximum Gasteiger partial charge on any atom is 0.460 e. The molecule has 0 aliphatic rings. The molecule has 0 N–H and O–H groups in total. The average Bonchev–Trinajstić information content (AvgIpc) is 0.710. The van der Waals surface area contributed by atoms with Crippen LogP contribution in [0.5, 0.6) is 0 Å². The van der Waals surface area contributed by atoms with Crippen LogP contribution in [0.4, 0.5) is 57.1 Å². The monoisotopic (exact) mass is 2040 g/mol. The molecule has 39 heteroatoms. The lowest BCUT2D eigenvalue weighted by Gasteiger charge is -2.39. The first-order valence-electron chi connectivity index (χ1n) is 51.0. The molecule has 0 saturated heterocycles. The van der Waals surface area contributed by atoms with E-state index in [2.05, 4.69) is 11.7 Å². The number of esters is 3. The van der Waals surface area contributed by atoms with E-state index in [9.17, 15) is 71.5 Å². The van der Waals surface area contributed by atoms with Crippen molar-refractivity contribution in [2.45, 2.75) is 323 Å². The summed E-state index contributed by atoms with van der Waals surface area (Å²) in [5, 5.41) is 0. The Labute approximate surface area is 819 Å². The highest BCUT2D eigenvalue weighted by Crippen LogP contribution is 2.61. The summed E-state index contributed by atoms with van der Waals surface area (Å²) in [7, 11) is 1.71. The van der Waals surface area contributed by atoms with Gasteiger partial charge in [0.25, 0.3) is 0 Å². The molecule has 0 heterocycles. The molecule has 0 unspecified atom stereocenters. The van der Waals surface area contributed by atoms with Gasteiger partial charge in [0.1, 0.15) is 0 Å². The number of hydrogen-bond donors (Lipinski definition) is 0. The van der Waals surface area contributed by atoms with Crippen LogP contribution in [0.3, 0.4) is 0 Å². The van der Waals surface area contributed by atoms with Gasteiger partial charge in [0, 0.05) is 271 Å². The molecule has 0 aliphatic heterocycles. The third-order valence-corrected chi connectivity index (χ3v) is 21.4. The van der Waals surface area contributed by atoms with E-state index in [0.717, 1.165) is 174 Å². The molecule has 0 bridgehead atoms. The number of unbranched alkanes of at least 4 members (excludes halogenated alkanes) is 9. The van der Waals surface area contributed by atoms with Crippen LogP contribution in [-0.4, -0.2) is 338 Å². The van der Waals surface area contributed by atoms with Crippen molar-refractivity contribution in [3.63, 3.8) is 0 Å². The summed E-state index contributed by atoms with van der Waals surface area (Å²) in [6.07, 6.45) is 22.3. The van der Waals surface area contributed by atoms with Crippen molar-refractivity contribution in [2.24, 2.45) is 16.2 Å². The number of rotatable bonds is 104. The number of methoxy groups -OCH3 is 1. The molecule has 828 valence electrons. The number of carbonyl (C=O) groups is 3. The first-order chi connectivity index (χ1) is 66.0. The maximum atomic E-state index is 13.5. The Morgan fingerprint density at radius 1 is 0.181 bits per heavy atom. The number of halogens is 13. The molecular weight excluding hydrogens is 1850 g/mol. The highest BCUT2D eigenvalue weighted by Gasteiger charge is 2.90. The summed E-state index contributed by atoms with van der Waals surface area (Å²) in [5.74, 6) is -38.6. The second kappa shape index (κ2) is 93.5. The standard InChI is InChI=1S/C67H134O22.C18H36O2.C14H15F13O2/c1-5-67(2,3)66(68)89-65-25-64-88-63-24-62-87-61-23-60-86-59-22-58-85-57-21-56-84-55-20-54-83-53-19-52-82-51-18-50-81-49-17-48-80-47-16-46-79-45-15-44-78-43-14-42-77-41-13-40-76-39-12-38-75-37-11-36-74-35-10-34-73-33-9-32-72-31-8-30-71-29-7-28-70-27-6-26-69-4;1-5-7-8-9-10-11-12-13-14-15-16-20-17(19)18(3,4)6-2;1-4-8(2,3)7(28)29-6-5-9(15,16)10(17,18)11(19,20)12(21,22)13(23,24)14(25,26)27/h5-65H2,1-4H3;5-16H2,1-4H3;4-6H2,1-3H3. The van der Waals surface area contributed by atoms with Crippen LogP contribution >= 0.6 is 0 Å². The molecule has 0 aromatic heterocycles. The van der Waals surface area contributed by atoms with Crippen LogP contribution in [0, 0.1) is 16.2 Å². The summed E-state index contributed by atoms with van der Waals surface area (Å²) in [5.41, 5.74) is -2.07. The normalized spacial score (nSPS) is 12.6. The lowest BCUT2D eigenvalue weighted by Crippen LogP contribution is -2.70. The summed E-state index contributed by atoms with van der Waals surface area (Å²) in [6.45, 7) is 44.3. The van der Waals surface area contributed by atoms with Gasteiger partial charge in [0.2, 0.25) is 0 Å². The zero-order chi connectivity index (χ0) is 103. The van der Waals surface area contributed by atoms with Crippen LogP contribution in [-0.2, 0) is 123 Å². The molecule has 0 radical (unpaired) electrons. The first-order valence-corrected chi connectivity index (χ1v) is 51.0. The zero-order valence-electron chi connectivity index (χ0n) is 86.3. The van der Waals surface area contributed by atoms with E-state index in [4.69, 9.17) is 104 Å². The van der Waals surface area contributed by atoms with Gasteiger partial charge < -0.3 is 109 Å². The van der Waals surface area contributed by atoms with Gasteiger partial charge in [0.15, 0.2) is 0 Å². The molecule has 0 saturated carbocycles. The van der Waals surface area contributed by atoms with Crippen LogP contribution < -0.4 is 0 Å². The molecule has 0 aliphatic carbocycles. The molecule has 0 rings (SSSR count). The second-order valence-corrected chi connectivity index (χ2v) is 35.3. The number of ether oxygens (including phenoxy) is 23. The van der Waals surface area contributed by atoms with Gasteiger partial charge in [-0.15, -0.1) is 0 Å². The minimum atomic E-state index is -7.94. The minimum Gasteiger partial charge on any atom is -0.465 e. The van der Waals surface area contributed by atoms with Crippen LogP contribution in [0.1, 0.15) is 288 Å². The molecule has 0 atom stereocenters. The fraction of sp³-hybridized carbons (Fsp3) is 0.970. The Bertz CT molecular complexity index is 2640. The van der Waals surface area contributed by atoms with Crippen molar-refractivity contribution in [1.29, 1.82) is 0 Å². The minimum absolute atomic E-state index is 0.0454. The van der Waals surface area contributed by atoms with Gasteiger partial charge in [-0.3, -0.25) is 14.4 Å². The van der Waals surface area contributed by atoms with Crippen molar-refractivity contribution in [3.8, 4) is 0 Å². The lowest BCUT2D eigenvalue weighted by molar-refractivity contribution is -0.440. The summed E-state index contributed by atoms with van der Waals surface area (Å²) >= 11 is 0. The SMILES string of the molecule is CCC(C)(C)C(=O)OCCC(F)(F)C(F)(F)C(F)(F)C(F)(F)C(F)(F)C(F)(F)F.CCC(C)(C)C(=O)OCCCOCCCOCCCOCCCOCCCOCCCOCCCOCCCOCCCOCCCOCCCOCCCOCCCOCCCOCCCOCCCOCCCOCCCOCCCOCCCOC.CCCCCCCCCCCCOC(=O)C(C)(C)CC. The van der Waals surface area contributed by atoms with E-state index in [1.165, 1.54) is 78.6 Å². The predicted molar refractivity (Wildman–Crippen MR) is 502 cm³/mol. The van der Waals surface area contributed by atoms with Crippen LogP contribution in [0.25, 0.3) is 0 Å². The summed E-state index contributed by atoms with van der Waals surface area (Å²) in [6, 6.07) is 0. The summed E-state index contributed by atoms with van der Waals surface area (Å²) < 4.78 is 295. The van der Waals surface area contributed by atoms with Crippen molar-refractivity contribution in [2.75, 3.05) is 285 Å². The summed E-state index contributed by atoms with van der Waals surface area (Å²) in [4.78, 5) is 35.2. The van der Waals surface area contributed by atoms with Gasteiger partial charge in [-0.05, 0) is 189 Å². The number of carbonyl (C=O) groups excluding carboxylic acids is 3. The lowest BCUT2D eigenvalue weighted by atomic mass is 9.90. The Morgan fingerprint density at radius 3 is 0.507 bits per heavy atom. The quantitative estimate of drug-likeness (QED) is 0.0237. The Morgan fingerprint density at radius 2 is 0.333 bits per heavy atom. The van der Waals surface area contributed by atoms with Crippen molar-refractivity contribution in [3.05, 3.63) is 0 Å². The van der Waals surface area contributed by atoms with Gasteiger partial charge in [-0.2, -0.15) is 57.1 Å². The van der Waals surface area contributed by atoms with E-state index in [1.54, 1.807) is 7.11 Å². The predicted octanol–water partition coefficient (Wildman–Crippen LogP) is 21.7. The molecule has 0 aromatic rings. The maximum absolute atomic E-state index is 13.5. The fourth-order valence-corrected chi connectivity index (χ4v) is 11.3. The molecule has 0 aromatic carbocycles. The van der Waals surface area contributed by atoms with E-state index in [-0.39, 0.29) is 23.8 Å². The van der Waals surface area contributed by atoms with Gasteiger partial charge in [0.05, 0.1) is 42.5 Å². The third kappa shape index (κ3) is 79.0. The van der Waals surface area contributed by atoms with Gasteiger partial charge in [-0.1, -0.05) is 85.5 Å². The van der Waals surface area contributed by atoms with Crippen LogP contribution in [0.15, 0.2) is 0 Å². The highest BCUT2D eigenvalue weighted by molar-refractivity contribution is 5.76.